The number of hydrogen-bond acceptors (Lipinski definition) is 5. The molecule has 4 saturated carbocycles. The molecule has 0 aromatic rings. The van der Waals surface area contributed by atoms with E-state index in [1.165, 1.54) is 51.9 Å². The van der Waals surface area contributed by atoms with Gasteiger partial charge in [0.25, 0.3) is 0 Å². The molecule has 0 aromatic heterocycles. The van der Waals surface area contributed by atoms with E-state index in [0.717, 1.165) is 62.3 Å². The monoisotopic (exact) mass is 532 g/mol. The van der Waals surface area contributed by atoms with E-state index in [1.54, 1.807) is 0 Å². The van der Waals surface area contributed by atoms with Gasteiger partial charge in [0.15, 0.2) is 0 Å². The molecule has 4 rings (SSSR count). The van der Waals surface area contributed by atoms with Gasteiger partial charge in [0, 0.05) is 24.8 Å². The summed E-state index contributed by atoms with van der Waals surface area (Å²) in [5, 5.41) is 16.4. The van der Waals surface area contributed by atoms with Gasteiger partial charge in [-0.25, -0.2) is 0 Å². The SMILES string of the molecule is CC(=O)O[C@H]1CC[C@]2(C)[C@H]3CC[C@]4(C)[C@@H]([C@H](C)CCCC(C)C)CC[C@H]4[C@@H]3C[C@@H](NCCCCN)[C@@]2(O)C1. The summed E-state index contributed by atoms with van der Waals surface area (Å²) in [5.74, 6) is 4.21. The Bertz CT molecular complexity index is 803. The molecule has 10 atom stereocenters. The van der Waals surface area contributed by atoms with Crippen molar-refractivity contribution in [3.63, 3.8) is 0 Å². The molecule has 4 fully saturated rings. The molecule has 5 nitrogen and oxygen atoms in total. The van der Waals surface area contributed by atoms with Crippen molar-refractivity contribution in [1.82, 2.24) is 5.32 Å². The van der Waals surface area contributed by atoms with Crippen molar-refractivity contribution < 1.29 is 14.6 Å². The number of rotatable bonds is 11. The highest BCUT2D eigenvalue weighted by atomic mass is 16.5. The van der Waals surface area contributed by atoms with Crippen molar-refractivity contribution in [2.24, 2.45) is 52.1 Å². The van der Waals surface area contributed by atoms with E-state index in [2.05, 4.69) is 39.9 Å². The summed E-state index contributed by atoms with van der Waals surface area (Å²) in [7, 11) is 0. The van der Waals surface area contributed by atoms with Gasteiger partial charge in [-0.1, -0.05) is 53.9 Å². The lowest BCUT2D eigenvalue weighted by Gasteiger charge is -2.66. The van der Waals surface area contributed by atoms with Gasteiger partial charge in [-0.2, -0.15) is 0 Å². The van der Waals surface area contributed by atoms with Crippen LogP contribution in [0.2, 0.25) is 0 Å². The number of nitrogens with one attached hydrogen (secondary N) is 1. The Labute approximate surface area is 233 Å². The Morgan fingerprint density at radius 2 is 1.79 bits per heavy atom. The number of esters is 1. The van der Waals surface area contributed by atoms with E-state index >= 15 is 0 Å². The van der Waals surface area contributed by atoms with Crippen LogP contribution in [0.3, 0.4) is 0 Å². The zero-order chi connectivity index (χ0) is 27.7. The smallest absolute Gasteiger partial charge is 0.302 e. The van der Waals surface area contributed by atoms with Crippen LogP contribution >= 0.6 is 0 Å². The molecule has 220 valence electrons. The maximum atomic E-state index is 12.6. The standard InChI is InChI=1S/C33H60N2O3/c1-22(2)10-9-11-23(3)27-12-13-28-26-20-30(35-19-8-7-18-34)33(37)21-25(38-24(4)36)14-17-32(33,6)29(26)15-16-31(27,28)5/h22-23,25-30,35,37H,7-21,34H2,1-6H3/t23-,25+,26+,27-,28+,29+,30-,31-,32-,33+/m1/s1. The molecule has 0 unspecified atom stereocenters. The van der Waals surface area contributed by atoms with Gasteiger partial charge in [-0.05, 0) is 112 Å². The third-order valence-electron chi connectivity index (χ3n) is 12.4. The molecule has 0 aromatic carbocycles. The number of carbonyl (C=O) groups excluding carboxylic acids is 1. The first-order chi connectivity index (χ1) is 18.0. The van der Waals surface area contributed by atoms with Crippen LogP contribution in [0.5, 0.6) is 0 Å². The highest BCUT2D eigenvalue weighted by Crippen LogP contribution is 2.69. The number of nitrogens with two attached hydrogens (primary N) is 1. The maximum absolute atomic E-state index is 12.6. The van der Waals surface area contributed by atoms with Crippen LogP contribution in [-0.4, -0.2) is 41.9 Å². The topological polar surface area (TPSA) is 84.6 Å². The van der Waals surface area contributed by atoms with E-state index in [1.807, 2.05) is 0 Å². The summed E-state index contributed by atoms with van der Waals surface area (Å²) in [6.45, 7) is 15.4. The summed E-state index contributed by atoms with van der Waals surface area (Å²) < 4.78 is 5.71. The van der Waals surface area contributed by atoms with E-state index < -0.39 is 5.60 Å². The minimum atomic E-state index is -0.842. The third kappa shape index (κ3) is 5.59. The molecule has 4 aliphatic rings. The molecular formula is C33H60N2O3. The molecule has 0 bridgehead atoms. The fourth-order valence-electron chi connectivity index (χ4n) is 10.4. The average Bonchev–Trinajstić information content (AvgIpc) is 3.20. The molecule has 4 aliphatic carbocycles. The van der Waals surface area contributed by atoms with Crippen LogP contribution in [0.1, 0.15) is 125 Å². The van der Waals surface area contributed by atoms with Crippen LogP contribution in [0.4, 0.5) is 0 Å². The molecule has 0 saturated heterocycles. The van der Waals surface area contributed by atoms with Gasteiger partial charge in [0.2, 0.25) is 0 Å². The first kappa shape index (κ1) is 30.3. The van der Waals surface area contributed by atoms with Crippen molar-refractivity contribution in [2.75, 3.05) is 13.1 Å². The molecule has 0 amide bonds. The third-order valence-corrected chi connectivity index (χ3v) is 12.4. The average molecular weight is 533 g/mol. The molecule has 0 radical (unpaired) electrons. The Morgan fingerprint density at radius 3 is 2.47 bits per heavy atom. The summed E-state index contributed by atoms with van der Waals surface area (Å²) >= 11 is 0. The predicted molar refractivity (Wildman–Crippen MR) is 156 cm³/mol. The van der Waals surface area contributed by atoms with Crippen molar-refractivity contribution >= 4 is 5.97 Å². The van der Waals surface area contributed by atoms with Crippen LogP contribution in [0.25, 0.3) is 0 Å². The van der Waals surface area contributed by atoms with Crippen LogP contribution in [0, 0.1) is 46.3 Å². The van der Waals surface area contributed by atoms with Gasteiger partial charge in [0.1, 0.15) is 6.10 Å². The maximum Gasteiger partial charge on any atom is 0.302 e. The van der Waals surface area contributed by atoms with Crippen LogP contribution in [-0.2, 0) is 9.53 Å². The highest BCUT2D eigenvalue weighted by molar-refractivity contribution is 5.66. The molecular weight excluding hydrogens is 472 g/mol. The zero-order valence-electron chi connectivity index (χ0n) is 25.6. The fraction of sp³-hybridized carbons (Fsp3) is 0.970. The number of hydrogen-bond donors (Lipinski definition) is 3. The Balaban J connectivity index is 1.56. The quantitative estimate of drug-likeness (QED) is 0.210. The largest absolute Gasteiger partial charge is 0.462 e. The van der Waals surface area contributed by atoms with Crippen molar-refractivity contribution in [2.45, 2.75) is 143 Å². The Morgan fingerprint density at radius 1 is 1.03 bits per heavy atom. The lowest BCUT2D eigenvalue weighted by atomic mass is 9.42. The molecule has 4 N–H and O–H groups in total. The number of unbranched alkanes of at least 4 members (excludes halogenated alkanes) is 1. The van der Waals surface area contributed by atoms with Crippen molar-refractivity contribution in [3.05, 3.63) is 0 Å². The number of fused-ring (bicyclic) bond motifs is 5. The summed E-state index contributed by atoms with van der Waals surface area (Å²) in [4.78, 5) is 11.8. The summed E-state index contributed by atoms with van der Waals surface area (Å²) in [6, 6.07) is 0.0507. The molecule has 38 heavy (non-hydrogen) atoms. The van der Waals surface area contributed by atoms with Crippen LogP contribution < -0.4 is 11.1 Å². The van der Waals surface area contributed by atoms with E-state index in [0.29, 0.717) is 30.2 Å². The van der Waals surface area contributed by atoms with Gasteiger partial charge in [-0.15, -0.1) is 0 Å². The Kier molecular flexibility index (Phi) is 9.63. The number of ether oxygens (including phenoxy) is 1. The van der Waals surface area contributed by atoms with E-state index in [-0.39, 0.29) is 23.5 Å². The van der Waals surface area contributed by atoms with Gasteiger partial charge in [0.05, 0.1) is 5.60 Å². The number of aliphatic hydroxyl groups is 1. The lowest BCUT2D eigenvalue weighted by Crippen LogP contribution is -2.71. The first-order valence-corrected chi connectivity index (χ1v) is 16.3. The fourth-order valence-corrected chi connectivity index (χ4v) is 10.4. The zero-order valence-corrected chi connectivity index (χ0v) is 25.6. The number of carbonyl (C=O) groups is 1. The highest BCUT2D eigenvalue weighted by Gasteiger charge is 2.67. The molecule has 0 heterocycles. The minimum Gasteiger partial charge on any atom is -0.462 e. The van der Waals surface area contributed by atoms with E-state index in [4.69, 9.17) is 10.5 Å². The van der Waals surface area contributed by atoms with Gasteiger partial charge in [-0.3, -0.25) is 4.79 Å². The van der Waals surface area contributed by atoms with Crippen molar-refractivity contribution in [1.29, 1.82) is 0 Å². The minimum absolute atomic E-state index is 0.0507. The van der Waals surface area contributed by atoms with E-state index in [9.17, 15) is 9.90 Å². The van der Waals surface area contributed by atoms with Gasteiger partial charge >= 0.3 is 5.97 Å². The predicted octanol–water partition coefficient (Wildman–Crippen LogP) is 6.46. The second-order valence-corrected chi connectivity index (χ2v) is 15.0. The summed E-state index contributed by atoms with van der Waals surface area (Å²) in [5.41, 5.74) is 5.24. The lowest BCUT2D eigenvalue weighted by molar-refractivity contribution is -0.237. The van der Waals surface area contributed by atoms with Crippen LogP contribution in [0.15, 0.2) is 0 Å². The first-order valence-electron chi connectivity index (χ1n) is 16.3. The molecule has 0 spiro atoms. The Hall–Kier alpha value is -0.650. The van der Waals surface area contributed by atoms with Crippen molar-refractivity contribution in [3.8, 4) is 0 Å². The molecule has 0 aliphatic heterocycles. The normalized spacial score (nSPS) is 43.3. The summed E-state index contributed by atoms with van der Waals surface area (Å²) in [6.07, 6.45) is 14.7. The molecule has 5 heteroatoms. The van der Waals surface area contributed by atoms with Gasteiger partial charge < -0.3 is 20.9 Å². The second-order valence-electron chi connectivity index (χ2n) is 15.0. The second kappa shape index (κ2) is 12.1.